The van der Waals surface area contributed by atoms with Crippen LogP contribution in [0.5, 0.6) is 0 Å². The van der Waals surface area contributed by atoms with Crippen LogP contribution in [-0.4, -0.2) is 12.2 Å². The Hall–Kier alpha value is -1.81. The Morgan fingerprint density at radius 2 is 2.05 bits per heavy atom. The lowest BCUT2D eigenvalue weighted by atomic mass is 10.1. The zero-order valence-corrected chi connectivity index (χ0v) is 11.4. The second kappa shape index (κ2) is 5.45. The van der Waals surface area contributed by atoms with E-state index in [1.165, 1.54) is 6.07 Å². The van der Waals surface area contributed by atoms with Gasteiger partial charge in [-0.15, -0.1) is 0 Å². The van der Waals surface area contributed by atoms with Crippen molar-refractivity contribution < 1.29 is 13.9 Å². The number of aryl methyl sites for hydroxylation is 1. The van der Waals surface area contributed by atoms with Gasteiger partial charge in [-0.25, -0.2) is 4.39 Å². The summed E-state index contributed by atoms with van der Waals surface area (Å²) < 4.78 is 19.3. The molecule has 0 aliphatic heterocycles. The average molecular weight is 263 g/mol. The van der Waals surface area contributed by atoms with Gasteiger partial charge < -0.3 is 14.4 Å². The van der Waals surface area contributed by atoms with Crippen LogP contribution in [0.15, 0.2) is 34.7 Å². The number of benzene rings is 1. The number of nitrogens with zero attached hydrogens (tertiary/aromatic N) is 1. The lowest BCUT2D eigenvalue weighted by Gasteiger charge is -2.23. The first-order valence-electron chi connectivity index (χ1n) is 6.22. The van der Waals surface area contributed by atoms with E-state index < -0.39 is 11.9 Å². The Morgan fingerprint density at radius 1 is 1.32 bits per heavy atom. The molecular weight excluding hydrogens is 245 g/mol. The summed E-state index contributed by atoms with van der Waals surface area (Å²) in [4.78, 5) is 1.86. The van der Waals surface area contributed by atoms with Crippen LogP contribution in [0.2, 0.25) is 0 Å². The molecule has 0 saturated heterocycles. The Morgan fingerprint density at radius 3 is 2.63 bits per heavy atom. The first kappa shape index (κ1) is 13.6. The number of aliphatic hydroxyl groups excluding tert-OH is 1. The highest BCUT2D eigenvalue weighted by Crippen LogP contribution is 2.29. The third-order valence-electron chi connectivity index (χ3n) is 3.05. The summed E-state index contributed by atoms with van der Waals surface area (Å²) in [6, 6.07) is 8.58. The highest BCUT2D eigenvalue weighted by molar-refractivity contribution is 5.54. The molecule has 0 spiro atoms. The first-order chi connectivity index (χ1) is 8.99. The van der Waals surface area contributed by atoms with Crippen molar-refractivity contribution in [3.8, 4) is 0 Å². The van der Waals surface area contributed by atoms with E-state index in [1.54, 1.807) is 19.1 Å². The molecule has 1 atom stereocenters. The fraction of sp³-hybridized carbons (Fsp3) is 0.333. The van der Waals surface area contributed by atoms with E-state index in [-0.39, 0.29) is 0 Å². The Labute approximate surface area is 112 Å². The summed E-state index contributed by atoms with van der Waals surface area (Å²) in [5.41, 5.74) is 0.984. The van der Waals surface area contributed by atoms with Gasteiger partial charge in [-0.1, -0.05) is 6.07 Å². The molecule has 0 fully saturated rings. The van der Waals surface area contributed by atoms with Crippen LogP contribution in [0.4, 0.5) is 10.1 Å². The topological polar surface area (TPSA) is 36.6 Å². The molecule has 1 unspecified atom stereocenters. The van der Waals surface area contributed by atoms with Crippen molar-refractivity contribution in [2.24, 2.45) is 0 Å². The molecule has 0 aliphatic rings. The molecule has 2 rings (SSSR count). The fourth-order valence-corrected chi connectivity index (χ4v) is 2.16. The SMILES string of the molecule is Cc1ccc(CN(C)c2cccc(F)c2C(C)O)o1. The zero-order chi connectivity index (χ0) is 14.0. The summed E-state index contributed by atoms with van der Waals surface area (Å²) in [5.74, 6) is 1.26. The van der Waals surface area contributed by atoms with Crippen molar-refractivity contribution >= 4 is 5.69 Å². The van der Waals surface area contributed by atoms with Crippen molar-refractivity contribution in [2.45, 2.75) is 26.5 Å². The van der Waals surface area contributed by atoms with Gasteiger partial charge in [0.2, 0.25) is 0 Å². The van der Waals surface area contributed by atoms with Crippen molar-refractivity contribution in [3.05, 3.63) is 53.2 Å². The molecule has 2 aromatic rings. The van der Waals surface area contributed by atoms with Crippen LogP contribution in [0.1, 0.15) is 30.1 Å². The number of furan rings is 1. The fourth-order valence-electron chi connectivity index (χ4n) is 2.16. The van der Waals surface area contributed by atoms with Gasteiger partial charge in [0.1, 0.15) is 17.3 Å². The minimum atomic E-state index is -0.850. The molecule has 1 aromatic carbocycles. The molecule has 19 heavy (non-hydrogen) atoms. The Balaban J connectivity index is 2.28. The molecule has 3 nitrogen and oxygen atoms in total. The van der Waals surface area contributed by atoms with Crippen LogP contribution < -0.4 is 4.90 Å². The average Bonchev–Trinajstić information content (AvgIpc) is 2.73. The maximum absolute atomic E-state index is 13.8. The summed E-state index contributed by atoms with van der Waals surface area (Å²) in [7, 11) is 1.85. The maximum atomic E-state index is 13.8. The minimum absolute atomic E-state index is 0.313. The second-order valence-corrected chi connectivity index (χ2v) is 4.72. The van der Waals surface area contributed by atoms with E-state index >= 15 is 0 Å². The Kier molecular flexibility index (Phi) is 3.90. The number of hydrogen-bond acceptors (Lipinski definition) is 3. The molecule has 1 aromatic heterocycles. The van der Waals surface area contributed by atoms with Crippen molar-refractivity contribution in [2.75, 3.05) is 11.9 Å². The molecule has 0 radical (unpaired) electrons. The summed E-state index contributed by atoms with van der Waals surface area (Å²) in [5, 5.41) is 9.71. The number of halogens is 1. The first-order valence-corrected chi connectivity index (χ1v) is 6.22. The molecular formula is C15H18FNO2. The van der Waals surface area contributed by atoms with Gasteiger partial charge in [0.05, 0.1) is 12.6 Å². The quantitative estimate of drug-likeness (QED) is 0.918. The second-order valence-electron chi connectivity index (χ2n) is 4.72. The molecule has 4 heteroatoms. The molecule has 0 aliphatic carbocycles. The summed E-state index contributed by atoms with van der Waals surface area (Å²) in [6.07, 6.45) is -0.850. The molecule has 1 heterocycles. The van der Waals surface area contributed by atoms with E-state index in [0.29, 0.717) is 17.8 Å². The standard InChI is InChI=1S/C15H18FNO2/c1-10-7-8-12(19-10)9-17(3)14-6-4-5-13(16)15(14)11(2)18/h4-8,11,18H,9H2,1-3H3. The van der Waals surface area contributed by atoms with Gasteiger partial charge in [-0.05, 0) is 38.1 Å². The van der Waals surface area contributed by atoms with E-state index in [9.17, 15) is 9.50 Å². The van der Waals surface area contributed by atoms with E-state index in [1.807, 2.05) is 31.0 Å². The van der Waals surface area contributed by atoms with Gasteiger partial charge in [-0.2, -0.15) is 0 Å². The summed E-state index contributed by atoms with van der Waals surface area (Å²) >= 11 is 0. The van der Waals surface area contributed by atoms with Crippen LogP contribution in [0.3, 0.4) is 0 Å². The molecule has 102 valence electrons. The largest absolute Gasteiger partial charge is 0.464 e. The van der Waals surface area contributed by atoms with Crippen LogP contribution in [-0.2, 0) is 6.54 Å². The number of aliphatic hydroxyl groups is 1. The van der Waals surface area contributed by atoms with Crippen LogP contribution in [0.25, 0.3) is 0 Å². The van der Waals surface area contributed by atoms with Crippen LogP contribution >= 0.6 is 0 Å². The van der Waals surface area contributed by atoms with Gasteiger partial charge in [0, 0.05) is 18.3 Å². The number of anilines is 1. The predicted octanol–water partition coefficient (Wildman–Crippen LogP) is 3.42. The van der Waals surface area contributed by atoms with Gasteiger partial charge in [0.25, 0.3) is 0 Å². The highest BCUT2D eigenvalue weighted by atomic mass is 19.1. The monoisotopic (exact) mass is 263 g/mol. The third-order valence-corrected chi connectivity index (χ3v) is 3.05. The molecule has 0 bridgehead atoms. The summed E-state index contributed by atoms with van der Waals surface area (Å²) in [6.45, 7) is 3.97. The van der Waals surface area contributed by atoms with Gasteiger partial charge in [-0.3, -0.25) is 0 Å². The zero-order valence-electron chi connectivity index (χ0n) is 11.4. The van der Waals surface area contributed by atoms with Gasteiger partial charge >= 0.3 is 0 Å². The van der Waals surface area contributed by atoms with Crippen molar-refractivity contribution in [1.29, 1.82) is 0 Å². The molecule has 0 amide bonds. The lowest BCUT2D eigenvalue weighted by Crippen LogP contribution is -2.19. The van der Waals surface area contributed by atoms with E-state index in [2.05, 4.69) is 0 Å². The minimum Gasteiger partial charge on any atom is -0.464 e. The Bertz CT molecular complexity index is 563. The number of hydrogen-bond donors (Lipinski definition) is 1. The predicted molar refractivity (Wildman–Crippen MR) is 72.6 cm³/mol. The van der Waals surface area contributed by atoms with E-state index in [4.69, 9.17) is 4.42 Å². The maximum Gasteiger partial charge on any atom is 0.131 e. The number of rotatable bonds is 4. The van der Waals surface area contributed by atoms with Gasteiger partial charge in [0.15, 0.2) is 0 Å². The highest BCUT2D eigenvalue weighted by Gasteiger charge is 2.17. The van der Waals surface area contributed by atoms with Crippen molar-refractivity contribution in [3.63, 3.8) is 0 Å². The molecule has 0 saturated carbocycles. The lowest BCUT2D eigenvalue weighted by molar-refractivity contribution is 0.194. The van der Waals surface area contributed by atoms with E-state index in [0.717, 1.165) is 11.5 Å². The normalized spacial score (nSPS) is 12.5. The smallest absolute Gasteiger partial charge is 0.131 e. The molecule has 1 N–H and O–H groups in total. The van der Waals surface area contributed by atoms with Crippen LogP contribution in [0, 0.1) is 12.7 Å². The third kappa shape index (κ3) is 2.96. The van der Waals surface area contributed by atoms with Crippen molar-refractivity contribution in [1.82, 2.24) is 0 Å².